The SMILES string of the molecule is CC(C)(C)OC(=O)Nc1nc(C(=O)Nc2cc(Br)ccc2Cl)co1. The number of ether oxygens (including phenoxy) is 1. The van der Waals surface area contributed by atoms with Crippen molar-refractivity contribution in [2.75, 3.05) is 10.6 Å². The van der Waals surface area contributed by atoms with E-state index in [-0.39, 0.29) is 11.7 Å². The molecule has 24 heavy (non-hydrogen) atoms. The number of aromatic nitrogens is 1. The van der Waals surface area contributed by atoms with Crippen molar-refractivity contribution in [2.24, 2.45) is 0 Å². The number of halogens is 2. The van der Waals surface area contributed by atoms with Crippen LogP contribution in [0, 0.1) is 0 Å². The van der Waals surface area contributed by atoms with Crippen LogP contribution in [0.4, 0.5) is 16.5 Å². The fraction of sp³-hybridized carbons (Fsp3) is 0.267. The lowest BCUT2D eigenvalue weighted by molar-refractivity contribution is 0.0631. The maximum Gasteiger partial charge on any atom is 0.415 e. The fourth-order valence-electron chi connectivity index (χ4n) is 1.61. The van der Waals surface area contributed by atoms with Crippen LogP contribution < -0.4 is 10.6 Å². The molecule has 0 radical (unpaired) electrons. The molecule has 0 fully saturated rings. The highest BCUT2D eigenvalue weighted by Crippen LogP contribution is 2.26. The van der Waals surface area contributed by atoms with Crippen LogP contribution in [0.5, 0.6) is 0 Å². The summed E-state index contributed by atoms with van der Waals surface area (Å²) in [6, 6.07) is 4.89. The minimum atomic E-state index is -0.730. The van der Waals surface area contributed by atoms with Crippen molar-refractivity contribution < 1.29 is 18.7 Å². The summed E-state index contributed by atoms with van der Waals surface area (Å²) in [5, 5.41) is 5.29. The van der Waals surface area contributed by atoms with Gasteiger partial charge in [0.15, 0.2) is 5.69 Å². The van der Waals surface area contributed by atoms with Gasteiger partial charge in [0.2, 0.25) is 0 Å². The molecule has 9 heteroatoms. The summed E-state index contributed by atoms with van der Waals surface area (Å²) in [4.78, 5) is 27.7. The molecule has 0 aliphatic rings. The Morgan fingerprint density at radius 3 is 2.67 bits per heavy atom. The van der Waals surface area contributed by atoms with Crippen molar-refractivity contribution in [3.05, 3.63) is 39.7 Å². The number of carbonyl (C=O) groups excluding carboxylic acids is 2. The largest absolute Gasteiger partial charge is 0.443 e. The first kappa shape index (κ1) is 18.3. The Bertz CT molecular complexity index is 770. The summed E-state index contributed by atoms with van der Waals surface area (Å²) < 4.78 is 10.9. The van der Waals surface area contributed by atoms with Crippen molar-refractivity contribution >= 4 is 51.2 Å². The van der Waals surface area contributed by atoms with Crippen molar-refractivity contribution in [2.45, 2.75) is 26.4 Å². The van der Waals surface area contributed by atoms with Crippen molar-refractivity contribution in [3.8, 4) is 0 Å². The average molecular weight is 417 g/mol. The molecule has 0 unspecified atom stereocenters. The highest BCUT2D eigenvalue weighted by atomic mass is 79.9. The zero-order valence-corrected chi connectivity index (χ0v) is 15.5. The smallest absolute Gasteiger partial charge is 0.415 e. The van der Waals surface area contributed by atoms with Gasteiger partial charge in [0.05, 0.1) is 10.7 Å². The molecular weight excluding hydrogens is 402 g/mol. The lowest BCUT2D eigenvalue weighted by Gasteiger charge is -2.18. The van der Waals surface area contributed by atoms with Gasteiger partial charge in [-0.1, -0.05) is 27.5 Å². The van der Waals surface area contributed by atoms with E-state index in [0.717, 1.165) is 10.7 Å². The number of hydrogen-bond donors (Lipinski definition) is 2. The number of anilines is 2. The molecule has 0 saturated carbocycles. The van der Waals surface area contributed by atoms with Crippen molar-refractivity contribution in [3.63, 3.8) is 0 Å². The Morgan fingerprint density at radius 1 is 1.29 bits per heavy atom. The van der Waals surface area contributed by atoms with Crippen LogP contribution in [0.3, 0.4) is 0 Å². The maximum absolute atomic E-state index is 12.2. The molecule has 0 bridgehead atoms. The Kier molecular flexibility index (Phi) is 5.51. The number of benzene rings is 1. The second-order valence-electron chi connectivity index (χ2n) is 5.74. The van der Waals surface area contributed by atoms with Gasteiger partial charge in [0.25, 0.3) is 5.91 Å². The van der Waals surface area contributed by atoms with E-state index in [0.29, 0.717) is 10.7 Å². The van der Waals surface area contributed by atoms with Gasteiger partial charge in [-0.2, -0.15) is 4.98 Å². The lowest BCUT2D eigenvalue weighted by atomic mass is 10.2. The third kappa shape index (κ3) is 5.24. The Morgan fingerprint density at radius 2 is 2.00 bits per heavy atom. The molecule has 1 aromatic carbocycles. The van der Waals surface area contributed by atoms with Gasteiger partial charge in [0, 0.05) is 4.47 Å². The first-order valence-corrected chi connectivity index (χ1v) is 8.03. The molecule has 2 rings (SSSR count). The number of hydrogen-bond acceptors (Lipinski definition) is 5. The van der Waals surface area contributed by atoms with Crippen LogP contribution in [0.1, 0.15) is 31.3 Å². The van der Waals surface area contributed by atoms with E-state index in [1.807, 2.05) is 0 Å². The quantitative estimate of drug-likeness (QED) is 0.757. The van der Waals surface area contributed by atoms with Gasteiger partial charge in [0.1, 0.15) is 11.9 Å². The summed E-state index contributed by atoms with van der Waals surface area (Å²) in [6.45, 7) is 5.17. The molecule has 7 nitrogen and oxygen atoms in total. The molecule has 2 aromatic rings. The van der Waals surface area contributed by atoms with E-state index in [9.17, 15) is 9.59 Å². The van der Waals surface area contributed by atoms with Crippen molar-refractivity contribution in [1.29, 1.82) is 0 Å². The zero-order chi connectivity index (χ0) is 17.9. The molecule has 2 amide bonds. The summed E-state index contributed by atoms with van der Waals surface area (Å²) in [5.74, 6) is -0.531. The highest BCUT2D eigenvalue weighted by molar-refractivity contribution is 9.10. The topological polar surface area (TPSA) is 93.5 Å². The highest BCUT2D eigenvalue weighted by Gasteiger charge is 2.19. The van der Waals surface area contributed by atoms with Gasteiger partial charge in [-0.05, 0) is 39.0 Å². The van der Waals surface area contributed by atoms with Gasteiger partial charge in [-0.3, -0.25) is 4.79 Å². The van der Waals surface area contributed by atoms with E-state index in [2.05, 4.69) is 31.5 Å². The molecule has 0 saturated heterocycles. The third-order valence-electron chi connectivity index (χ3n) is 2.52. The molecule has 1 aromatic heterocycles. The summed E-state index contributed by atoms with van der Waals surface area (Å²) in [6.07, 6.45) is 0.389. The standard InChI is InChI=1S/C15H15BrClN3O4/c1-15(2,3)24-14(22)20-13-19-11(7-23-13)12(21)18-10-6-8(16)4-5-9(10)17/h4-7H,1-3H3,(H,18,21)(H,19,20,22). The van der Waals surface area contributed by atoms with Crippen LogP contribution in [0.15, 0.2) is 33.4 Å². The van der Waals surface area contributed by atoms with Gasteiger partial charge in [-0.25, -0.2) is 10.1 Å². The number of oxazole rings is 1. The third-order valence-corrected chi connectivity index (χ3v) is 3.34. The number of amides is 2. The predicted octanol–water partition coefficient (Wildman–Crippen LogP) is 4.69. The van der Waals surface area contributed by atoms with Crippen molar-refractivity contribution in [1.82, 2.24) is 4.98 Å². The molecular formula is C15H15BrClN3O4. The van der Waals surface area contributed by atoms with Crippen LogP contribution in [0.25, 0.3) is 0 Å². The van der Waals surface area contributed by atoms with E-state index in [1.165, 1.54) is 0 Å². The van der Waals surface area contributed by atoms with Crippen LogP contribution in [-0.4, -0.2) is 22.6 Å². The van der Waals surface area contributed by atoms with Crippen LogP contribution in [0.2, 0.25) is 5.02 Å². The van der Waals surface area contributed by atoms with Gasteiger partial charge >= 0.3 is 12.1 Å². The summed E-state index contributed by atoms with van der Waals surface area (Å²) in [5.41, 5.74) is -0.258. The van der Waals surface area contributed by atoms with Gasteiger partial charge in [-0.15, -0.1) is 0 Å². The Labute approximate surface area is 151 Å². The molecule has 2 N–H and O–H groups in total. The first-order chi connectivity index (χ1) is 11.1. The monoisotopic (exact) mass is 415 g/mol. The zero-order valence-electron chi connectivity index (χ0n) is 13.1. The first-order valence-electron chi connectivity index (χ1n) is 6.86. The summed E-state index contributed by atoms with van der Waals surface area (Å²) in [7, 11) is 0. The minimum Gasteiger partial charge on any atom is -0.443 e. The van der Waals surface area contributed by atoms with E-state index < -0.39 is 17.6 Å². The summed E-state index contributed by atoms with van der Waals surface area (Å²) >= 11 is 9.30. The van der Waals surface area contributed by atoms with E-state index in [4.69, 9.17) is 20.8 Å². The molecule has 1 heterocycles. The molecule has 128 valence electrons. The van der Waals surface area contributed by atoms with Crippen LogP contribution in [-0.2, 0) is 4.74 Å². The molecule has 0 spiro atoms. The van der Waals surface area contributed by atoms with E-state index in [1.54, 1.807) is 39.0 Å². The molecule has 0 aliphatic heterocycles. The molecule has 0 aliphatic carbocycles. The van der Waals surface area contributed by atoms with Crippen LogP contribution >= 0.6 is 27.5 Å². The number of rotatable bonds is 3. The second-order valence-corrected chi connectivity index (χ2v) is 7.07. The number of nitrogens with one attached hydrogen (secondary N) is 2. The minimum absolute atomic E-state index is 0.0166. The van der Waals surface area contributed by atoms with E-state index >= 15 is 0 Å². The number of carbonyl (C=O) groups is 2. The fourth-order valence-corrected chi connectivity index (χ4v) is 2.13. The van der Waals surface area contributed by atoms with Gasteiger partial charge < -0.3 is 14.5 Å². The average Bonchev–Trinajstić information content (AvgIpc) is 2.89. The lowest BCUT2D eigenvalue weighted by Crippen LogP contribution is -2.27. The maximum atomic E-state index is 12.2. The molecule has 0 atom stereocenters. The number of nitrogens with zero attached hydrogens (tertiary/aromatic N) is 1. The normalized spacial score (nSPS) is 11.0. The second kappa shape index (κ2) is 7.23. The Balaban J connectivity index is 2.03. The predicted molar refractivity (Wildman–Crippen MR) is 93.5 cm³/mol. The Hall–Kier alpha value is -2.06.